The Kier molecular flexibility index (Phi) is 7.11. The lowest BCUT2D eigenvalue weighted by Gasteiger charge is -2.29. The van der Waals surface area contributed by atoms with Gasteiger partial charge in [-0.2, -0.15) is 0 Å². The van der Waals surface area contributed by atoms with Crippen LogP contribution in [-0.2, 0) is 19.0 Å². The molecule has 17 heavy (non-hydrogen) atoms. The number of amides is 1. The first kappa shape index (κ1) is 14.4. The Balaban J connectivity index is 2.44. The Bertz CT molecular complexity index is 212. The van der Waals surface area contributed by atoms with Crippen LogP contribution in [0.2, 0.25) is 0 Å². The largest absolute Gasteiger partial charge is 0.383 e. The summed E-state index contributed by atoms with van der Waals surface area (Å²) >= 11 is 0. The van der Waals surface area contributed by atoms with Gasteiger partial charge in [0.05, 0.1) is 26.4 Å². The maximum Gasteiger partial charge on any atom is 0.254 e. The summed E-state index contributed by atoms with van der Waals surface area (Å²) in [6.07, 6.45) is 0.307. The Hall–Kier alpha value is -0.690. The number of carbonyl (C=O) groups excluding carboxylic acids is 1. The van der Waals surface area contributed by atoms with E-state index >= 15 is 0 Å². The fourth-order valence-corrected chi connectivity index (χ4v) is 1.65. The van der Waals surface area contributed by atoms with Crippen molar-refractivity contribution in [1.82, 2.24) is 4.90 Å². The number of rotatable bonds is 7. The van der Waals surface area contributed by atoms with Crippen LogP contribution in [0.3, 0.4) is 0 Å². The fraction of sp³-hybridized carbons (Fsp3) is 0.909. The van der Waals surface area contributed by atoms with E-state index < -0.39 is 6.10 Å². The third-order valence-electron chi connectivity index (χ3n) is 2.60. The number of methoxy groups -OCH3 is 1. The molecule has 1 fully saturated rings. The minimum absolute atomic E-state index is 0.0322. The molecular formula is C11H22N2O4. The van der Waals surface area contributed by atoms with E-state index in [1.165, 1.54) is 0 Å². The van der Waals surface area contributed by atoms with Crippen LogP contribution < -0.4 is 5.73 Å². The van der Waals surface area contributed by atoms with E-state index in [1.54, 1.807) is 12.0 Å². The van der Waals surface area contributed by atoms with E-state index in [0.29, 0.717) is 46.1 Å². The minimum atomic E-state index is -0.474. The maximum atomic E-state index is 12.1. The Morgan fingerprint density at radius 2 is 2.29 bits per heavy atom. The normalized spacial score (nSPS) is 20.2. The van der Waals surface area contributed by atoms with Crippen LogP contribution >= 0.6 is 0 Å². The van der Waals surface area contributed by atoms with Crippen LogP contribution in [0.15, 0.2) is 0 Å². The van der Waals surface area contributed by atoms with Gasteiger partial charge in [-0.1, -0.05) is 0 Å². The number of nitrogens with zero attached hydrogens (tertiary/aromatic N) is 1. The summed E-state index contributed by atoms with van der Waals surface area (Å²) in [5.74, 6) is -0.0322. The van der Waals surface area contributed by atoms with Crippen LogP contribution in [0.5, 0.6) is 0 Å². The molecule has 6 heteroatoms. The molecule has 1 rings (SSSR count). The average Bonchev–Trinajstić information content (AvgIpc) is 2.39. The van der Waals surface area contributed by atoms with Gasteiger partial charge in [-0.15, -0.1) is 0 Å². The summed E-state index contributed by atoms with van der Waals surface area (Å²) in [7, 11) is 1.62. The van der Waals surface area contributed by atoms with Gasteiger partial charge in [0.25, 0.3) is 5.91 Å². The first-order valence-corrected chi connectivity index (χ1v) is 5.96. The summed E-state index contributed by atoms with van der Waals surface area (Å²) < 4.78 is 15.6. The Morgan fingerprint density at radius 1 is 1.47 bits per heavy atom. The average molecular weight is 246 g/mol. The van der Waals surface area contributed by atoms with Gasteiger partial charge < -0.3 is 24.8 Å². The standard InChI is InChI=1S/C11H22N2O4/c1-15-6-5-13(4-2-3-12)11(14)10-9-16-7-8-17-10/h10H,2-9,12H2,1H3. The molecule has 1 heterocycles. The Morgan fingerprint density at radius 3 is 2.88 bits per heavy atom. The fourth-order valence-electron chi connectivity index (χ4n) is 1.65. The van der Waals surface area contributed by atoms with Crippen molar-refractivity contribution >= 4 is 5.91 Å². The zero-order valence-electron chi connectivity index (χ0n) is 10.4. The van der Waals surface area contributed by atoms with Crippen LogP contribution in [-0.4, -0.2) is 70.1 Å². The molecule has 0 saturated carbocycles. The van der Waals surface area contributed by atoms with Gasteiger partial charge >= 0.3 is 0 Å². The van der Waals surface area contributed by atoms with E-state index in [2.05, 4.69) is 0 Å². The summed E-state index contributed by atoms with van der Waals surface area (Å²) in [4.78, 5) is 13.9. The van der Waals surface area contributed by atoms with Gasteiger partial charge in [0.2, 0.25) is 0 Å². The SMILES string of the molecule is COCCN(CCCN)C(=O)C1COCCO1. The third kappa shape index (κ3) is 4.99. The molecule has 0 aromatic carbocycles. The molecule has 6 nitrogen and oxygen atoms in total. The lowest BCUT2D eigenvalue weighted by molar-refractivity contribution is -0.158. The van der Waals surface area contributed by atoms with Crippen LogP contribution in [0.4, 0.5) is 0 Å². The minimum Gasteiger partial charge on any atom is -0.383 e. The molecule has 0 spiro atoms. The molecule has 1 aliphatic rings. The van der Waals surface area contributed by atoms with Gasteiger partial charge in [0, 0.05) is 20.2 Å². The highest BCUT2D eigenvalue weighted by molar-refractivity contribution is 5.81. The topological polar surface area (TPSA) is 74.0 Å². The first-order valence-electron chi connectivity index (χ1n) is 5.96. The quantitative estimate of drug-likeness (QED) is 0.638. The van der Waals surface area contributed by atoms with Gasteiger partial charge in [0.15, 0.2) is 6.10 Å². The molecule has 0 bridgehead atoms. The molecule has 1 amide bonds. The van der Waals surface area contributed by atoms with E-state index in [0.717, 1.165) is 6.42 Å². The predicted octanol–water partition coefficient (Wildman–Crippen LogP) is -0.774. The molecule has 1 unspecified atom stereocenters. The second kappa shape index (κ2) is 8.41. The highest BCUT2D eigenvalue weighted by atomic mass is 16.6. The summed E-state index contributed by atoms with van der Waals surface area (Å²) in [6, 6.07) is 0. The van der Waals surface area contributed by atoms with Gasteiger partial charge in [-0.05, 0) is 13.0 Å². The lowest BCUT2D eigenvalue weighted by atomic mass is 10.2. The molecule has 1 atom stereocenters. The zero-order valence-corrected chi connectivity index (χ0v) is 10.4. The van der Waals surface area contributed by atoms with E-state index in [1.807, 2.05) is 0 Å². The molecule has 0 aliphatic carbocycles. The van der Waals surface area contributed by atoms with Crippen molar-refractivity contribution in [2.75, 3.05) is 53.2 Å². The van der Waals surface area contributed by atoms with E-state index in [-0.39, 0.29) is 5.91 Å². The smallest absolute Gasteiger partial charge is 0.254 e. The van der Waals surface area contributed by atoms with Crippen molar-refractivity contribution in [1.29, 1.82) is 0 Å². The van der Waals surface area contributed by atoms with Crippen molar-refractivity contribution in [3.05, 3.63) is 0 Å². The predicted molar refractivity (Wildman–Crippen MR) is 62.7 cm³/mol. The summed E-state index contributed by atoms with van der Waals surface area (Å²) in [5.41, 5.74) is 5.46. The van der Waals surface area contributed by atoms with Crippen molar-refractivity contribution in [2.45, 2.75) is 12.5 Å². The molecule has 0 aromatic heterocycles. The van der Waals surface area contributed by atoms with Gasteiger partial charge in [-0.3, -0.25) is 4.79 Å². The number of hydrogen-bond acceptors (Lipinski definition) is 5. The number of hydrogen-bond donors (Lipinski definition) is 1. The molecule has 1 aliphatic heterocycles. The van der Waals surface area contributed by atoms with Crippen molar-refractivity contribution < 1.29 is 19.0 Å². The van der Waals surface area contributed by atoms with Crippen molar-refractivity contribution in [2.24, 2.45) is 5.73 Å². The molecule has 0 radical (unpaired) electrons. The zero-order chi connectivity index (χ0) is 12.5. The number of carbonyl (C=O) groups is 1. The van der Waals surface area contributed by atoms with Gasteiger partial charge in [0.1, 0.15) is 0 Å². The number of ether oxygens (including phenoxy) is 3. The highest BCUT2D eigenvalue weighted by Gasteiger charge is 2.26. The lowest BCUT2D eigenvalue weighted by Crippen LogP contribution is -2.47. The molecule has 0 aromatic rings. The third-order valence-corrected chi connectivity index (χ3v) is 2.60. The second-order valence-corrected chi connectivity index (χ2v) is 3.89. The highest BCUT2D eigenvalue weighted by Crippen LogP contribution is 2.06. The van der Waals surface area contributed by atoms with Crippen LogP contribution in [0, 0.1) is 0 Å². The maximum absolute atomic E-state index is 12.1. The van der Waals surface area contributed by atoms with Crippen LogP contribution in [0.1, 0.15) is 6.42 Å². The molecular weight excluding hydrogens is 224 g/mol. The number of nitrogens with two attached hydrogens (primary N) is 1. The van der Waals surface area contributed by atoms with Crippen molar-refractivity contribution in [3.8, 4) is 0 Å². The van der Waals surface area contributed by atoms with E-state index in [4.69, 9.17) is 19.9 Å². The van der Waals surface area contributed by atoms with Gasteiger partial charge in [-0.25, -0.2) is 0 Å². The second-order valence-electron chi connectivity index (χ2n) is 3.89. The van der Waals surface area contributed by atoms with Crippen LogP contribution in [0.25, 0.3) is 0 Å². The molecule has 100 valence electrons. The Labute approximate surface area is 102 Å². The van der Waals surface area contributed by atoms with Crippen molar-refractivity contribution in [3.63, 3.8) is 0 Å². The molecule has 1 saturated heterocycles. The molecule has 2 N–H and O–H groups in total. The summed E-state index contributed by atoms with van der Waals surface area (Å²) in [6.45, 7) is 3.66. The monoisotopic (exact) mass is 246 g/mol. The summed E-state index contributed by atoms with van der Waals surface area (Å²) in [5, 5.41) is 0. The van der Waals surface area contributed by atoms with E-state index in [9.17, 15) is 4.79 Å². The first-order chi connectivity index (χ1) is 8.29.